The number of piperidine rings is 1. The summed E-state index contributed by atoms with van der Waals surface area (Å²) in [6.45, 7) is 4.53. The van der Waals surface area contributed by atoms with E-state index in [1.165, 1.54) is 0 Å². The first kappa shape index (κ1) is 15.7. The van der Waals surface area contributed by atoms with E-state index < -0.39 is 17.5 Å². The number of hydrogen-bond donors (Lipinski definition) is 2. The lowest BCUT2D eigenvalue weighted by molar-refractivity contribution is 0.0887. The summed E-state index contributed by atoms with van der Waals surface area (Å²) in [6, 6.07) is 1.68. The highest BCUT2D eigenvalue weighted by Gasteiger charge is 2.29. The number of hydrogen-bond acceptors (Lipinski definition) is 3. The molecule has 1 heterocycles. The van der Waals surface area contributed by atoms with E-state index in [1.807, 2.05) is 0 Å². The average Bonchev–Trinajstić information content (AvgIpc) is 2.44. The molecule has 1 aromatic rings. The van der Waals surface area contributed by atoms with Gasteiger partial charge in [0.25, 0.3) is 5.91 Å². The molecule has 116 valence electrons. The van der Waals surface area contributed by atoms with Gasteiger partial charge in [-0.2, -0.15) is 0 Å². The Morgan fingerprint density at radius 2 is 1.95 bits per heavy atom. The van der Waals surface area contributed by atoms with Crippen molar-refractivity contribution in [2.45, 2.75) is 19.8 Å². The zero-order valence-electron chi connectivity index (χ0n) is 12.4. The number of amides is 1. The van der Waals surface area contributed by atoms with E-state index in [2.05, 4.69) is 24.2 Å². The first-order chi connectivity index (χ1) is 9.81. The summed E-state index contributed by atoms with van der Waals surface area (Å²) in [5.74, 6) is -2.31. The van der Waals surface area contributed by atoms with Crippen LogP contribution in [0.5, 0.6) is 0 Å². The Bertz CT molecular complexity index is 540. The smallest absolute Gasteiger partial charge is 0.254 e. The molecule has 1 saturated heterocycles. The monoisotopic (exact) mass is 297 g/mol. The van der Waals surface area contributed by atoms with Gasteiger partial charge in [0, 0.05) is 12.6 Å². The van der Waals surface area contributed by atoms with Gasteiger partial charge in [0.2, 0.25) is 0 Å². The fraction of sp³-hybridized carbons (Fsp3) is 0.533. The molecule has 0 spiro atoms. The summed E-state index contributed by atoms with van der Waals surface area (Å²) in [5.41, 5.74) is 4.94. The predicted octanol–water partition coefficient (Wildman–Crippen LogP) is 2.01. The molecular weight excluding hydrogens is 276 g/mol. The second kappa shape index (κ2) is 5.97. The van der Waals surface area contributed by atoms with Gasteiger partial charge >= 0.3 is 0 Å². The maximum atomic E-state index is 13.6. The minimum atomic E-state index is -0.896. The molecule has 0 radical (unpaired) electrons. The minimum absolute atomic E-state index is 0.00419. The molecule has 1 fully saturated rings. The van der Waals surface area contributed by atoms with E-state index in [0.29, 0.717) is 12.6 Å². The van der Waals surface area contributed by atoms with Crippen molar-refractivity contribution in [3.8, 4) is 0 Å². The van der Waals surface area contributed by atoms with Gasteiger partial charge in [-0.05, 0) is 44.5 Å². The number of nitrogen functional groups attached to an aromatic ring is 1. The maximum Gasteiger partial charge on any atom is 0.254 e. The molecule has 0 atom stereocenters. The lowest BCUT2D eigenvalue weighted by Gasteiger charge is -2.37. The summed E-state index contributed by atoms with van der Waals surface area (Å²) in [6.07, 6.45) is 1.94. The molecule has 1 aromatic carbocycles. The molecule has 21 heavy (non-hydrogen) atoms. The summed E-state index contributed by atoms with van der Waals surface area (Å²) >= 11 is 0. The van der Waals surface area contributed by atoms with Crippen LogP contribution < -0.4 is 11.1 Å². The summed E-state index contributed by atoms with van der Waals surface area (Å²) in [4.78, 5) is 14.3. The quantitative estimate of drug-likeness (QED) is 0.839. The van der Waals surface area contributed by atoms with E-state index in [0.717, 1.165) is 32.0 Å². The molecule has 0 saturated carbocycles. The van der Waals surface area contributed by atoms with Crippen molar-refractivity contribution in [3.63, 3.8) is 0 Å². The van der Waals surface area contributed by atoms with E-state index >= 15 is 0 Å². The van der Waals surface area contributed by atoms with Gasteiger partial charge in [-0.15, -0.1) is 0 Å². The fourth-order valence-electron chi connectivity index (χ4n) is 2.46. The first-order valence-corrected chi connectivity index (χ1v) is 7.02. The maximum absolute atomic E-state index is 13.6. The molecule has 2 rings (SSSR count). The van der Waals surface area contributed by atoms with Gasteiger partial charge in [-0.1, -0.05) is 6.92 Å². The number of nitrogens with two attached hydrogens (primary N) is 1. The molecule has 1 aliphatic rings. The van der Waals surface area contributed by atoms with E-state index in [1.54, 1.807) is 0 Å². The lowest BCUT2D eigenvalue weighted by Crippen LogP contribution is -2.43. The standard InChI is InChI=1S/C15H21F2N3O/c1-15(3-5-20(2)6-4-15)9-19-14(21)10-7-13(18)12(17)8-11(10)16/h7-8H,3-6,9,18H2,1-2H3,(H,19,21). The Hall–Kier alpha value is -1.69. The van der Waals surface area contributed by atoms with Crippen LogP contribution in [0.3, 0.4) is 0 Å². The molecule has 0 unspecified atom stereocenters. The van der Waals surface area contributed by atoms with Crippen molar-refractivity contribution >= 4 is 11.6 Å². The van der Waals surface area contributed by atoms with Gasteiger partial charge < -0.3 is 16.0 Å². The van der Waals surface area contributed by atoms with Crippen molar-refractivity contribution in [1.82, 2.24) is 10.2 Å². The Morgan fingerprint density at radius 3 is 2.57 bits per heavy atom. The Kier molecular flexibility index (Phi) is 4.46. The number of rotatable bonds is 3. The zero-order chi connectivity index (χ0) is 15.6. The van der Waals surface area contributed by atoms with Crippen molar-refractivity contribution in [3.05, 3.63) is 29.3 Å². The number of nitrogens with zero attached hydrogens (tertiary/aromatic N) is 1. The van der Waals surface area contributed by atoms with Crippen molar-refractivity contribution < 1.29 is 13.6 Å². The molecule has 4 nitrogen and oxygen atoms in total. The first-order valence-electron chi connectivity index (χ1n) is 7.02. The number of halogens is 2. The van der Waals surface area contributed by atoms with Crippen LogP contribution >= 0.6 is 0 Å². The molecule has 6 heteroatoms. The normalized spacial score (nSPS) is 18.5. The second-order valence-corrected chi connectivity index (χ2v) is 6.15. The Labute approximate surface area is 123 Å². The van der Waals surface area contributed by atoms with Gasteiger partial charge in [0.05, 0.1) is 11.3 Å². The van der Waals surface area contributed by atoms with Crippen LogP contribution in [0.1, 0.15) is 30.1 Å². The topological polar surface area (TPSA) is 58.4 Å². The minimum Gasteiger partial charge on any atom is -0.396 e. The van der Waals surface area contributed by atoms with Crippen molar-refractivity contribution in [2.75, 3.05) is 32.4 Å². The third-order valence-corrected chi connectivity index (χ3v) is 4.20. The SMILES string of the molecule is CN1CCC(C)(CNC(=O)c2cc(N)c(F)cc2F)CC1. The van der Waals surface area contributed by atoms with Crippen LogP contribution in [0.15, 0.2) is 12.1 Å². The number of carbonyl (C=O) groups excluding carboxylic acids is 1. The molecular formula is C15H21F2N3O. The van der Waals surface area contributed by atoms with E-state index in [-0.39, 0.29) is 16.7 Å². The highest BCUT2D eigenvalue weighted by atomic mass is 19.1. The van der Waals surface area contributed by atoms with Crippen LogP contribution in [0.25, 0.3) is 0 Å². The Morgan fingerprint density at radius 1 is 1.33 bits per heavy atom. The number of anilines is 1. The summed E-state index contributed by atoms with van der Waals surface area (Å²) in [7, 11) is 2.06. The highest BCUT2D eigenvalue weighted by molar-refractivity contribution is 5.95. The third kappa shape index (κ3) is 3.69. The van der Waals surface area contributed by atoms with Gasteiger partial charge in [0.1, 0.15) is 11.6 Å². The van der Waals surface area contributed by atoms with Crippen LogP contribution in [0.4, 0.5) is 14.5 Å². The van der Waals surface area contributed by atoms with Gasteiger partial charge in [-0.3, -0.25) is 4.79 Å². The van der Waals surface area contributed by atoms with Crippen LogP contribution in [0.2, 0.25) is 0 Å². The van der Waals surface area contributed by atoms with Crippen molar-refractivity contribution in [2.24, 2.45) is 5.41 Å². The van der Waals surface area contributed by atoms with Crippen molar-refractivity contribution in [1.29, 1.82) is 0 Å². The fourth-order valence-corrected chi connectivity index (χ4v) is 2.46. The molecule has 0 aromatic heterocycles. The molecule has 1 aliphatic heterocycles. The molecule has 0 aliphatic carbocycles. The van der Waals surface area contributed by atoms with E-state index in [4.69, 9.17) is 5.73 Å². The molecule has 0 bridgehead atoms. The van der Waals surface area contributed by atoms with Gasteiger partial charge in [-0.25, -0.2) is 8.78 Å². The average molecular weight is 297 g/mol. The van der Waals surface area contributed by atoms with Crippen LogP contribution in [-0.2, 0) is 0 Å². The number of nitrogens with one attached hydrogen (secondary N) is 1. The lowest BCUT2D eigenvalue weighted by atomic mass is 9.80. The molecule has 3 N–H and O–H groups in total. The molecule has 1 amide bonds. The highest BCUT2D eigenvalue weighted by Crippen LogP contribution is 2.29. The Balaban J connectivity index is 2.00. The number of benzene rings is 1. The third-order valence-electron chi connectivity index (χ3n) is 4.20. The predicted molar refractivity (Wildman–Crippen MR) is 77.9 cm³/mol. The summed E-state index contributed by atoms with van der Waals surface area (Å²) < 4.78 is 26.7. The summed E-state index contributed by atoms with van der Waals surface area (Å²) in [5, 5.41) is 2.74. The zero-order valence-corrected chi connectivity index (χ0v) is 12.4. The second-order valence-electron chi connectivity index (χ2n) is 6.15. The number of carbonyl (C=O) groups is 1. The van der Waals surface area contributed by atoms with Crippen LogP contribution in [-0.4, -0.2) is 37.5 Å². The van der Waals surface area contributed by atoms with Crippen LogP contribution in [0, 0.1) is 17.0 Å². The number of likely N-dealkylation sites (tertiary alicyclic amines) is 1. The van der Waals surface area contributed by atoms with Gasteiger partial charge in [0.15, 0.2) is 0 Å². The van der Waals surface area contributed by atoms with E-state index in [9.17, 15) is 13.6 Å². The largest absolute Gasteiger partial charge is 0.396 e.